The number of rotatable bonds is 5. The maximum Gasteiger partial charge on any atom is 0.141 e. The smallest absolute Gasteiger partial charge is 0.141 e. The first-order chi connectivity index (χ1) is 15.0. The van der Waals surface area contributed by atoms with E-state index in [1.54, 1.807) is 33.6 Å². The van der Waals surface area contributed by atoms with Crippen molar-refractivity contribution >= 4 is 45.6 Å². The van der Waals surface area contributed by atoms with Crippen LogP contribution in [0.1, 0.15) is 12.8 Å². The number of benzene rings is 1. The Labute approximate surface area is 191 Å². The fourth-order valence-corrected chi connectivity index (χ4v) is 4.64. The minimum Gasteiger partial charge on any atom is -0.495 e. The average molecular weight is 463 g/mol. The number of aromatic nitrogens is 2. The average Bonchev–Trinajstić information content (AvgIpc) is 2.79. The zero-order valence-electron chi connectivity index (χ0n) is 17.6. The van der Waals surface area contributed by atoms with Crippen molar-refractivity contribution in [3.8, 4) is 22.8 Å². The van der Waals surface area contributed by atoms with Crippen molar-refractivity contribution in [3.05, 3.63) is 34.4 Å². The molecule has 1 aliphatic heterocycles. The summed E-state index contributed by atoms with van der Waals surface area (Å²) in [7, 11) is 4.83. The molecule has 0 bridgehead atoms. The maximum atomic E-state index is 6.66. The van der Waals surface area contributed by atoms with Crippen LogP contribution in [0, 0.1) is 0 Å². The second-order valence-corrected chi connectivity index (χ2v) is 8.15. The summed E-state index contributed by atoms with van der Waals surface area (Å²) in [6.45, 7) is 1.59. The maximum absolute atomic E-state index is 6.66. The van der Waals surface area contributed by atoms with Crippen molar-refractivity contribution in [2.75, 3.05) is 45.1 Å². The number of methoxy groups -OCH3 is 3. The predicted octanol–water partition coefficient (Wildman–Crippen LogP) is 4.82. The lowest BCUT2D eigenvalue weighted by Gasteiger charge is -2.33. The number of ether oxygens (including phenoxy) is 3. The third kappa shape index (κ3) is 4.05. The van der Waals surface area contributed by atoms with Crippen LogP contribution in [-0.4, -0.2) is 50.5 Å². The first-order valence-corrected chi connectivity index (χ1v) is 10.7. The molecule has 0 aliphatic carbocycles. The van der Waals surface area contributed by atoms with Crippen LogP contribution >= 0.6 is 23.2 Å². The Hall–Kier alpha value is -2.48. The van der Waals surface area contributed by atoms with Gasteiger partial charge >= 0.3 is 0 Å². The number of nitrogens with two attached hydrogens (primary N) is 1. The van der Waals surface area contributed by atoms with Crippen LogP contribution in [-0.2, 0) is 4.74 Å². The summed E-state index contributed by atoms with van der Waals surface area (Å²) in [6.07, 6.45) is 3.88. The Morgan fingerprint density at radius 1 is 1.06 bits per heavy atom. The minimum absolute atomic E-state index is 0.137. The van der Waals surface area contributed by atoms with Crippen LogP contribution in [0.25, 0.3) is 22.0 Å². The highest BCUT2D eigenvalue weighted by atomic mass is 35.5. The lowest BCUT2D eigenvalue weighted by atomic mass is 10.0. The van der Waals surface area contributed by atoms with E-state index in [4.69, 9.17) is 48.1 Å². The molecule has 9 heteroatoms. The second-order valence-electron chi connectivity index (χ2n) is 7.39. The standard InChI is InChI=1S/C22H24Cl2N4O3/c1-29-13-5-4-6-28(11-13)22-14-8-18(25)26-10-12(14)7-15(27-22)19-20(23)16(30-2)9-17(31-3)21(19)24/h7-10,13H,4-6,11H2,1-3H3,(H2,25,26). The molecule has 0 saturated carbocycles. The summed E-state index contributed by atoms with van der Waals surface area (Å²) >= 11 is 13.3. The van der Waals surface area contributed by atoms with E-state index >= 15 is 0 Å². The van der Waals surface area contributed by atoms with E-state index in [1.165, 1.54) is 0 Å². The quantitative estimate of drug-likeness (QED) is 0.581. The van der Waals surface area contributed by atoms with Crippen molar-refractivity contribution in [3.63, 3.8) is 0 Å². The number of fused-ring (bicyclic) bond motifs is 1. The Morgan fingerprint density at radius 2 is 1.77 bits per heavy atom. The minimum atomic E-state index is 0.137. The normalized spacial score (nSPS) is 16.5. The van der Waals surface area contributed by atoms with Crippen molar-refractivity contribution in [2.24, 2.45) is 0 Å². The van der Waals surface area contributed by atoms with Crippen LogP contribution in [0.15, 0.2) is 24.4 Å². The highest BCUT2D eigenvalue weighted by Crippen LogP contribution is 2.46. The molecule has 1 aromatic carbocycles. The van der Waals surface area contributed by atoms with E-state index in [-0.39, 0.29) is 6.10 Å². The Morgan fingerprint density at radius 3 is 2.42 bits per heavy atom. The molecule has 7 nitrogen and oxygen atoms in total. The number of pyridine rings is 2. The van der Waals surface area contributed by atoms with Gasteiger partial charge in [0.2, 0.25) is 0 Å². The molecular weight excluding hydrogens is 439 g/mol. The number of nitrogen functional groups attached to an aromatic ring is 1. The van der Waals surface area contributed by atoms with Gasteiger partial charge in [-0.25, -0.2) is 9.97 Å². The lowest BCUT2D eigenvalue weighted by molar-refractivity contribution is 0.0892. The van der Waals surface area contributed by atoms with Crippen molar-refractivity contribution in [2.45, 2.75) is 18.9 Å². The Balaban J connectivity index is 1.96. The predicted molar refractivity (Wildman–Crippen MR) is 125 cm³/mol. The third-order valence-electron chi connectivity index (χ3n) is 5.56. The molecule has 0 radical (unpaired) electrons. The molecule has 1 atom stereocenters. The van der Waals surface area contributed by atoms with Crippen molar-refractivity contribution in [1.82, 2.24) is 9.97 Å². The summed E-state index contributed by atoms with van der Waals surface area (Å²) in [5.74, 6) is 2.13. The molecule has 1 aliphatic rings. The van der Waals surface area contributed by atoms with Crippen LogP contribution in [0.4, 0.5) is 11.6 Å². The van der Waals surface area contributed by atoms with E-state index in [0.29, 0.717) is 38.6 Å². The SMILES string of the molecule is COc1cc(OC)c(Cl)c(-c2cc3cnc(N)cc3c(N3CCCC(OC)C3)n2)c1Cl. The van der Waals surface area contributed by atoms with Crippen LogP contribution in [0.5, 0.6) is 11.5 Å². The van der Waals surface area contributed by atoms with E-state index in [9.17, 15) is 0 Å². The van der Waals surface area contributed by atoms with E-state index < -0.39 is 0 Å². The highest BCUT2D eigenvalue weighted by Gasteiger charge is 2.25. The molecule has 3 aromatic rings. The molecule has 1 saturated heterocycles. The van der Waals surface area contributed by atoms with Gasteiger partial charge in [-0.2, -0.15) is 0 Å². The van der Waals surface area contributed by atoms with Crippen molar-refractivity contribution < 1.29 is 14.2 Å². The first-order valence-electron chi connectivity index (χ1n) is 9.91. The van der Waals surface area contributed by atoms with Gasteiger partial charge in [0.1, 0.15) is 23.1 Å². The summed E-state index contributed by atoms with van der Waals surface area (Å²) in [4.78, 5) is 11.5. The monoisotopic (exact) mass is 462 g/mol. The summed E-state index contributed by atoms with van der Waals surface area (Å²) in [5.41, 5.74) is 7.13. The topological polar surface area (TPSA) is 82.7 Å². The molecule has 1 unspecified atom stereocenters. The van der Waals surface area contributed by atoms with Gasteiger partial charge in [0.15, 0.2) is 0 Å². The Kier molecular flexibility index (Phi) is 6.27. The summed E-state index contributed by atoms with van der Waals surface area (Å²) < 4.78 is 16.5. The first kappa shape index (κ1) is 21.7. The highest BCUT2D eigenvalue weighted by molar-refractivity contribution is 6.41. The van der Waals surface area contributed by atoms with E-state index in [2.05, 4.69) is 9.88 Å². The number of hydrogen-bond donors (Lipinski definition) is 1. The molecule has 0 spiro atoms. The van der Waals surface area contributed by atoms with Gasteiger partial charge in [-0.1, -0.05) is 23.2 Å². The molecule has 0 amide bonds. The molecule has 3 heterocycles. The number of hydrogen-bond acceptors (Lipinski definition) is 7. The largest absolute Gasteiger partial charge is 0.495 e. The van der Waals surface area contributed by atoms with E-state index in [1.807, 2.05) is 12.1 Å². The lowest BCUT2D eigenvalue weighted by Crippen LogP contribution is -2.39. The zero-order valence-corrected chi connectivity index (χ0v) is 19.1. The molecule has 4 rings (SSSR count). The molecule has 164 valence electrons. The van der Waals surface area contributed by atoms with Gasteiger partial charge in [-0.15, -0.1) is 0 Å². The number of anilines is 2. The fraction of sp³-hybridized carbons (Fsp3) is 0.364. The third-order valence-corrected chi connectivity index (χ3v) is 6.31. The Bertz CT molecular complexity index is 1100. The molecule has 2 N–H and O–H groups in total. The molecule has 31 heavy (non-hydrogen) atoms. The van der Waals surface area contributed by atoms with Crippen LogP contribution in [0.3, 0.4) is 0 Å². The van der Waals surface area contributed by atoms with Gasteiger partial charge in [-0.05, 0) is 25.0 Å². The van der Waals surface area contributed by atoms with Crippen LogP contribution in [0.2, 0.25) is 10.0 Å². The van der Waals surface area contributed by atoms with Gasteiger partial charge in [0, 0.05) is 48.8 Å². The zero-order chi connectivity index (χ0) is 22.1. The van der Waals surface area contributed by atoms with Gasteiger partial charge in [-0.3, -0.25) is 0 Å². The van der Waals surface area contributed by atoms with Gasteiger partial charge in [0.05, 0.1) is 36.1 Å². The number of piperidine rings is 1. The molecular formula is C22H24Cl2N4O3. The summed E-state index contributed by atoms with van der Waals surface area (Å²) in [5, 5.41) is 2.52. The fourth-order valence-electron chi connectivity index (χ4n) is 3.95. The molecule has 1 fully saturated rings. The van der Waals surface area contributed by atoms with E-state index in [0.717, 1.165) is 42.5 Å². The second kappa shape index (κ2) is 8.94. The summed E-state index contributed by atoms with van der Waals surface area (Å²) in [6, 6.07) is 5.40. The van der Waals surface area contributed by atoms with Gasteiger partial charge in [0.25, 0.3) is 0 Å². The van der Waals surface area contributed by atoms with Gasteiger partial charge < -0.3 is 24.8 Å². The van der Waals surface area contributed by atoms with Crippen molar-refractivity contribution in [1.29, 1.82) is 0 Å². The number of halogens is 2. The molecule has 2 aromatic heterocycles. The number of nitrogens with zero attached hydrogens (tertiary/aromatic N) is 3. The van der Waals surface area contributed by atoms with Crippen LogP contribution < -0.4 is 20.1 Å².